The van der Waals surface area contributed by atoms with E-state index < -0.39 is 0 Å². The number of oxime groups is 1. The lowest BCUT2D eigenvalue weighted by atomic mass is 10.3. The van der Waals surface area contributed by atoms with E-state index in [2.05, 4.69) is 10.1 Å². The van der Waals surface area contributed by atoms with Crippen molar-refractivity contribution in [3.8, 4) is 0 Å². The Balaban J connectivity index is 3.17. The van der Waals surface area contributed by atoms with Gasteiger partial charge in [0.25, 0.3) is 0 Å². The highest BCUT2D eigenvalue weighted by Crippen LogP contribution is 2.25. The third kappa shape index (κ3) is 1.54. The molecule has 0 unspecified atom stereocenters. The molecule has 0 aliphatic heterocycles. The molecule has 1 aromatic heterocycles. The van der Waals surface area contributed by atoms with Crippen molar-refractivity contribution in [2.24, 2.45) is 5.16 Å². The van der Waals surface area contributed by atoms with Gasteiger partial charge in [0.15, 0.2) is 17.1 Å². The van der Waals surface area contributed by atoms with Crippen molar-refractivity contribution in [2.45, 2.75) is 0 Å². The Bertz CT molecular complexity index is 335. The van der Waals surface area contributed by atoms with Gasteiger partial charge in [0, 0.05) is 0 Å². The molecule has 5 nitrogen and oxygen atoms in total. The number of hydrogen-bond donors (Lipinski definition) is 2. The molecular formula is C5H4ClN3O2S. The maximum Gasteiger partial charge on any atom is 0.182 e. The summed E-state index contributed by atoms with van der Waals surface area (Å²) in [6, 6.07) is 0. The second-order valence-corrected chi connectivity index (χ2v) is 3.41. The van der Waals surface area contributed by atoms with Crippen molar-refractivity contribution in [1.82, 2.24) is 4.98 Å². The average Bonchev–Trinajstić information content (AvgIpc) is 2.34. The second-order valence-electron chi connectivity index (χ2n) is 1.78. The first-order chi connectivity index (χ1) is 5.69. The van der Waals surface area contributed by atoms with E-state index in [1.54, 1.807) is 0 Å². The molecule has 0 aliphatic carbocycles. The fraction of sp³-hybridized carbons (Fsp3) is 0. The van der Waals surface area contributed by atoms with Crippen LogP contribution in [-0.4, -0.2) is 22.2 Å². The topological polar surface area (TPSA) is 88.6 Å². The van der Waals surface area contributed by atoms with Gasteiger partial charge < -0.3 is 10.9 Å². The number of nitrogens with two attached hydrogens (primary N) is 1. The number of anilines is 1. The number of carbonyl (C=O) groups excluding carboxylic acids is 1. The highest BCUT2D eigenvalue weighted by molar-refractivity contribution is 7.19. The molecule has 0 bridgehead atoms. The lowest BCUT2D eigenvalue weighted by Crippen LogP contribution is -2.03. The van der Waals surface area contributed by atoms with E-state index in [0.717, 1.165) is 11.3 Å². The summed E-state index contributed by atoms with van der Waals surface area (Å²) in [6.07, 6.45) is 0.348. The highest BCUT2D eigenvalue weighted by Gasteiger charge is 2.13. The molecular weight excluding hydrogens is 202 g/mol. The molecule has 1 aromatic rings. The number of thiazole rings is 1. The molecule has 3 N–H and O–H groups in total. The van der Waals surface area contributed by atoms with Crippen LogP contribution in [0.4, 0.5) is 5.13 Å². The second kappa shape index (κ2) is 3.51. The van der Waals surface area contributed by atoms with Crippen LogP contribution < -0.4 is 5.73 Å². The Morgan fingerprint density at radius 2 is 2.50 bits per heavy atom. The predicted molar refractivity (Wildman–Crippen MR) is 45.9 cm³/mol. The van der Waals surface area contributed by atoms with Crippen LogP contribution in [0.25, 0.3) is 0 Å². The Hall–Kier alpha value is -1.14. The lowest BCUT2D eigenvalue weighted by molar-refractivity contribution is -0.102. The number of rotatable bonds is 2. The fourth-order valence-corrected chi connectivity index (χ4v) is 1.55. The van der Waals surface area contributed by atoms with Gasteiger partial charge in [-0.3, -0.25) is 4.79 Å². The Morgan fingerprint density at radius 1 is 1.83 bits per heavy atom. The monoisotopic (exact) mass is 205 g/mol. The standard InChI is InChI=1S/C5H4ClN3O2S/c6-4-3(2(1-10)9-11)8-5(7)12-4/h1,11H,(H2,7,8)/b9-2+. The zero-order valence-electron chi connectivity index (χ0n) is 5.69. The van der Waals surface area contributed by atoms with Gasteiger partial charge in [-0.2, -0.15) is 0 Å². The summed E-state index contributed by atoms with van der Waals surface area (Å²) in [4.78, 5) is 14.0. The van der Waals surface area contributed by atoms with E-state index >= 15 is 0 Å². The maximum absolute atomic E-state index is 10.3. The Morgan fingerprint density at radius 3 is 2.83 bits per heavy atom. The molecule has 0 amide bonds. The highest BCUT2D eigenvalue weighted by atomic mass is 35.5. The minimum absolute atomic E-state index is 0.108. The number of aromatic nitrogens is 1. The molecule has 0 aliphatic rings. The van der Waals surface area contributed by atoms with Crippen LogP contribution in [0.15, 0.2) is 5.16 Å². The molecule has 1 heterocycles. The molecule has 0 saturated heterocycles. The normalized spacial score (nSPS) is 11.6. The molecule has 64 valence electrons. The van der Waals surface area contributed by atoms with Crippen LogP contribution in [-0.2, 0) is 4.79 Å². The van der Waals surface area contributed by atoms with E-state index in [1.807, 2.05) is 0 Å². The predicted octanol–water partition coefficient (Wildman–Crippen LogP) is 0.756. The zero-order chi connectivity index (χ0) is 9.14. The van der Waals surface area contributed by atoms with E-state index in [9.17, 15) is 4.79 Å². The van der Waals surface area contributed by atoms with Crippen LogP contribution in [0.5, 0.6) is 0 Å². The van der Waals surface area contributed by atoms with Crippen molar-refractivity contribution in [1.29, 1.82) is 0 Å². The molecule has 0 aromatic carbocycles. The zero-order valence-corrected chi connectivity index (χ0v) is 7.26. The number of halogens is 1. The quantitative estimate of drug-likeness (QED) is 0.323. The Kier molecular flexibility index (Phi) is 2.61. The first-order valence-electron chi connectivity index (χ1n) is 2.78. The smallest absolute Gasteiger partial charge is 0.182 e. The molecule has 12 heavy (non-hydrogen) atoms. The molecule has 0 fully saturated rings. The minimum Gasteiger partial charge on any atom is -0.410 e. The number of aldehydes is 1. The van der Waals surface area contributed by atoms with Crippen LogP contribution in [0.3, 0.4) is 0 Å². The van der Waals surface area contributed by atoms with Gasteiger partial charge in [-0.15, -0.1) is 0 Å². The number of hydrogen-bond acceptors (Lipinski definition) is 6. The summed E-state index contributed by atoms with van der Waals surface area (Å²) in [5.41, 5.74) is 5.18. The van der Waals surface area contributed by atoms with Crippen molar-refractivity contribution in [3.63, 3.8) is 0 Å². The minimum atomic E-state index is -0.229. The van der Waals surface area contributed by atoms with Crippen molar-refractivity contribution >= 4 is 40.1 Å². The largest absolute Gasteiger partial charge is 0.410 e. The first-order valence-corrected chi connectivity index (χ1v) is 3.98. The van der Waals surface area contributed by atoms with E-state index in [1.165, 1.54) is 0 Å². The SMILES string of the molecule is Nc1nc(/C(C=O)=N/O)c(Cl)s1. The summed E-state index contributed by atoms with van der Waals surface area (Å²) < 4.78 is 0.229. The van der Waals surface area contributed by atoms with Gasteiger partial charge in [-0.25, -0.2) is 4.98 Å². The van der Waals surface area contributed by atoms with Gasteiger partial charge in [-0.1, -0.05) is 28.1 Å². The summed E-state index contributed by atoms with van der Waals surface area (Å²) in [5, 5.41) is 11.3. The molecule has 1 rings (SSSR count). The number of nitrogens with zero attached hydrogens (tertiary/aromatic N) is 2. The van der Waals surface area contributed by atoms with Crippen LogP contribution in [0.1, 0.15) is 5.69 Å². The van der Waals surface area contributed by atoms with Gasteiger partial charge in [0.05, 0.1) is 0 Å². The van der Waals surface area contributed by atoms with E-state index in [4.69, 9.17) is 22.5 Å². The number of carbonyl (C=O) groups is 1. The summed E-state index contributed by atoms with van der Waals surface area (Å²) in [6.45, 7) is 0. The van der Waals surface area contributed by atoms with Crippen LogP contribution >= 0.6 is 22.9 Å². The maximum atomic E-state index is 10.3. The molecule has 0 radical (unpaired) electrons. The van der Waals surface area contributed by atoms with Gasteiger partial charge >= 0.3 is 0 Å². The van der Waals surface area contributed by atoms with Crippen LogP contribution in [0, 0.1) is 0 Å². The van der Waals surface area contributed by atoms with Gasteiger partial charge in [0.1, 0.15) is 10.0 Å². The summed E-state index contributed by atoms with van der Waals surface area (Å²) in [5.74, 6) is 0. The number of nitrogen functional groups attached to an aromatic ring is 1. The summed E-state index contributed by atoms with van der Waals surface area (Å²) in [7, 11) is 0. The van der Waals surface area contributed by atoms with Gasteiger partial charge in [-0.05, 0) is 0 Å². The Labute approximate surface area is 76.5 Å². The average molecular weight is 206 g/mol. The van der Waals surface area contributed by atoms with Crippen LogP contribution in [0.2, 0.25) is 4.34 Å². The van der Waals surface area contributed by atoms with E-state index in [-0.39, 0.29) is 20.9 Å². The molecule has 7 heteroatoms. The van der Waals surface area contributed by atoms with Crippen molar-refractivity contribution < 1.29 is 10.0 Å². The van der Waals surface area contributed by atoms with Crippen molar-refractivity contribution in [2.75, 3.05) is 5.73 Å². The van der Waals surface area contributed by atoms with E-state index in [0.29, 0.717) is 6.29 Å². The fourth-order valence-electron chi connectivity index (χ4n) is 0.602. The lowest BCUT2D eigenvalue weighted by Gasteiger charge is -1.88. The molecule has 0 atom stereocenters. The summed E-state index contributed by atoms with van der Waals surface area (Å²) >= 11 is 6.63. The van der Waals surface area contributed by atoms with Crippen molar-refractivity contribution in [3.05, 3.63) is 10.0 Å². The third-order valence-corrected chi connectivity index (χ3v) is 2.15. The molecule has 0 spiro atoms. The first kappa shape index (κ1) is 8.95. The van der Waals surface area contributed by atoms with Gasteiger partial charge in [0.2, 0.25) is 0 Å². The third-order valence-electron chi connectivity index (χ3n) is 1.06. The molecule has 0 saturated carbocycles.